The van der Waals surface area contributed by atoms with Gasteiger partial charge in [0.15, 0.2) is 10.5 Å². The number of hydrogen-bond acceptors (Lipinski definition) is 6. The van der Waals surface area contributed by atoms with E-state index in [0.717, 1.165) is 32.2 Å². The van der Waals surface area contributed by atoms with Crippen molar-refractivity contribution in [3.05, 3.63) is 140 Å². The number of esters is 1. The summed E-state index contributed by atoms with van der Waals surface area (Å²) >= 11 is 15.3. The third-order valence-corrected chi connectivity index (χ3v) is 9.61. The molecule has 4 aromatic carbocycles. The number of thiazole rings is 1. The van der Waals surface area contributed by atoms with Gasteiger partial charge in [-0.3, -0.25) is 9.36 Å². The minimum atomic E-state index is -5.02. The van der Waals surface area contributed by atoms with Gasteiger partial charge >= 0.3 is 12.1 Å². The van der Waals surface area contributed by atoms with Gasteiger partial charge in [0.05, 0.1) is 26.3 Å². The average Bonchev–Trinajstić information content (AvgIpc) is 3.34. The summed E-state index contributed by atoms with van der Waals surface area (Å²) in [5, 5.41) is 2.77. The molecule has 1 atom stereocenters. The molecule has 13 heteroatoms. The van der Waals surface area contributed by atoms with E-state index in [9.17, 15) is 22.8 Å². The number of fused-ring (bicyclic) bond motifs is 2. The number of rotatable bonds is 7. The van der Waals surface area contributed by atoms with Crippen LogP contribution in [0.1, 0.15) is 29.7 Å². The van der Waals surface area contributed by atoms with Crippen molar-refractivity contribution in [3.63, 3.8) is 0 Å². The van der Waals surface area contributed by atoms with Crippen molar-refractivity contribution in [2.24, 2.45) is 4.99 Å². The van der Waals surface area contributed by atoms with Crippen molar-refractivity contribution in [1.29, 1.82) is 0 Å². The van der Waals surface area contributed by atoms with Crippen LogP contribution in [0.5, 0.6) is 5.75 Å². The van der Waals surface area contributed by atoms with Gasteiger partial charge in [0.1, 0.15) is 12.4 Å². The van der Waals surface area contributed by atoms with Gasteiger partial charge in [0, 0.05) is 15.6 Å². The number of hydrogen-bond donors (Lipinski definition) is 0. The summed E-state index contributed by atoms with van der Waals surface area (Å²) in [6.45, 7) is 1.50. The molecule has 1 aliphatic heterocycles. The lowest BCUT2D eigenvalue weighted by Gasteiger charge is -2.26. The normalized spacial score (nSPS) is 15.0. The van der Waals surface area contributed by atoms with Crippen LogP contribution < -0.4 is 19.6 Å². The molecular weight excluding hydrogens is 787 g/mol. The number of halogens is 6. The van der Waals surface area contributed by atoms with E-state index in [1.54, 1.807) is 12.1 Å². The smallest absolute Gasteiger partial charge is 0.434 e. The van der Waals surface area contributed by atoms with E-state index in [1.165, 1.54) is 37.3 Å². The fourth-order valence-corrected chi connectivity index (χ4v) is 7.68. The highest BCUT2D eigenvalue weighted by Crippen LogP contribution is 2.39. The summed E-state index contributed by atoms with van der Waals surface area (Å²) in [5.41, 5.74) is -1.29. The van der Waals surface area contributed by atoms with Gasteiger partial charge in [-0.05, 0) is 81.8 Å². The van der Waals surface area contributed by atoms with E-state index in [1.807, 2.05) is 42.5 Å². The molecule has 47 heavy (non-hydrogen) atoms. The Kier molecular flexibility index (Phi) is 9.52. The van der Waals surface area contributed by atoms with Gasteiger partial charge in [0.25, 0.3) is 5.56 Å². The van der Waals surface area contributed by atoms with E-state index < -0.39 is 35.0 Å². The minimum Gasteiger partial charge on any atom is -0.487 e. The summed E-state index contributed by atoms with van der Waals surface area (Å²) in [6, 6.07) is 21.5. The summed E-state index contributed by atoms with van der Waals surface area (Å²) in [7, 11) is 0. The van der Waals surface area contributed by atoms with Crippen LogP contribution >= 0.6 is 57.1 Å². The highest BCUT2D eigenvalue weighted by Gasteiger charge is 2.45. The van der Waals surface area contributed by atoms with E-state index in [2.05, 4.69) is 27.6 Å². The summed E-state index contributed by atoms with van der Waals surface area (Å²) in [6.07, 6.45) is -3.51. The van der Waals surface area contributed by atoms with E-state index in [4.69, 9.17) is 32.7 Å². The second-order valence-electron chi connectivity index (χ2n) is 10.3. The first-order valence-electron chi connectivity index (χ1n) is 14.1. The fraction of sp³-hybridized carbons (Fsp3) is 0.147. The zero-order chi connectivity index (χ0) is 33.5. The summed E-state index contributed by atoms with van der Waals surface area (Å²) in [4.78, 5) is 30.8. The molecule has 0 aliphatic carbocycles. The monoisotopic (exact) mass is 808 g/mol. The maximum atomic E-state index is 14.5. The van der Waals surface area contributed by atoms with Crippen molar-refractivity contribution in [2.75, 3.05) is 6.61 Å². The predicted octanol–water partition coefficient (Wildman–Crippen LogP) is 7.98. The second-order valence-corrected chi connectivity index (χ2v) is 13.4. The topological polar surface area (TPSA) is 69.9 Å². The summed E-state index contributed by atoms with van der Waals surface area (Å²) in [5.74, 6) is -0.794. The molecule has 0 N–H and O–H groups in total. The molecule has 0 saturated carbocycles. The molecule has 0 fully saturated rings. The fourth-order valence-electron chi connectivity index (χ4n) is 5.35. The lowest BCUT2D eigenvalue weighted by molar-refractivity contribution is -0.140. The van der Waals surface area contributed by atoms with E-state index in [-0.39, 0.29) is 28.1 Å². The lowest BCUT2D eigenvalue weighted by atomic mass is 9.95. The highest BCUT2D eigenvalue weighted by molar-refractivity contribution is 14.1. The standard InChI is InChI=1S/C34H22Cl2F3IN2O4S/c1-2-45-32(44)27-28(19-10-12-22(35)13-11-19)42-31(43)26(47-33(42)41-30(27)34(37,38)39)15-21-14-23(36)16-25(40)29(21)46-17-20-8-5-7-18-6-3-4-9-24(18)20/h3-16,28H,2,17H2,1H3/b26-15-/t28-/m0/s1. The number of carbonyl (C=O) groups is 1. The van der Waals surface area contributed by atoms with Crippen molar-refractivity contribution in [1.82, 2.24) is 4.57 Å². The predicted molar refractivity (Wildman–Crippen MR) is 185 cm³/mol. The zero-order valence-electron chi connectivity index (χ0n) is 24.3. The molecule has 240 valence electrons. The zero-order valence-corrected chi connectivity index (χ0v) is 28.8. The Balaban J connectivity index is 1.52. The van der Waals surface area contributed by atoms with Crippen molar-refractivity contribution in [2.45, 2.75) is 25.7 Å². The molecule has 2 heterocycles. The number of nitrogens with zero attached hydrogens (tertiary/aromatic N) is 2. The number of benzene rings is 4. The van der Waals surface area contributed by atoms with Gasteiger partial charge in [-0.1, -0.05) is 89.1 Å². The minimum absolute atomic E-state index is 0.0578. The maximum Gasteiger partial charge on any atom is 0.434 e. The van der Waals surface area contributed by atoms with Crippen LogP contribution in [0.15, 0.2) is 99.9 Å². The summed E-state index contributed by atoms with van der Waals surface area (Å²) < 4.78 is 56.5. The van der Waals surface area contributed by atoms with Crippen LogP contribution in [-0.2, 0) is 16.1 Å². The molecule has 0 amide bonds. The van der Waals surface area contributed by atoms with Gasteiger partial charge < -0.3 is 9.47 Å². The number of alkyl halides is 3. The van der Waals surface area contributed by atoms with Gasteiger partial charge in [-0.25, -0.2) is 9.79 Å². The Morgan fingerprint density at radius 2 is 1.77 bits per heavy atom. The number of aromatic nitrogens is 1. The van der Waals surface area contributed by atoms with Crippen LogP contribution in [0.4, 0.5) is 13.2 Å². The van der Waals surface area contributed by atoms with E-state index >= 15 is 0 Å². The Hall–Kier alpha value is -3.65. The molecule has 0 spiro atoms. The van der Waals surface area contributed by atoms with Gasteiger partial charge in [-0.15, -0.1) is 0 Å². The number of ether oxygens (including phenoxy) is 2. The number of carbonyl (C=O) groups excluding carboxylic acids is 1. The Bertz CT molecular complexity index is 2240. The van der Waals surface area contributed by atoms with Crippen molar-refractivity contribution < 1.29 is 27.4 Å². The van der Waals surface area contributed by atoms with Crippen LogP contribution in [-0.4, -0.2) is 23.3 Å². The average molecular weight is 809 g/mol. The SMILES string of the molecule is CCOC(=O)C1=C(C(F)(F)F)N=c2s/c(=C\c3cc(Cl)cc(I)c3OCc3cccc4ccccc34)c(=O)n2[C@H]1c1ccc(Cl)cc1. The molecule has 0 saturated heterocycles. The molecule has 1 aliphatic rings. The van der Waals surface area contributed by atoms with Crippen molar-refractivity contribution >= 4 is 79.9 Å². The maximum absolute atomic E-state index is 14.5. The third-order valence-electron chi connectivity index (χ3n) is 7.36. The Morgan fingerprint density at radius 3 is 2.49 bits per heavy atom. The number of allylic oxidation sites excluding steroid dienone is 1. The van der Waals surface area contributed by atoms with Crippen LogP contribution in [0.3, 0.4) is 0 Å². The van der Waals surface area contributed by atoms with Crippen LogP contribution in [0.25, 0.3) is 16.8 Å². The molecule has 6 nitrogen and oxygen atoms in total. The van der Waals surface area contributed by atoms with E-state index in [0.29, 0.717) is 24.9 Å². The lowest BCUT2D eigenvalue weighted by Crippen LogP contribution is -2.41. The molecule has 0 radical (unpaired) electrons. The quantitative estimate of drug-likeness (QED) is 0.124. The van der Waals surface area contributed by atoms with Gasteiger partial charge in [-0.2, -0.15) is 13.2 Å². The molecule has 0 bridgehead atoms. The first kappa shape index (κ1) is 33.3. The van der Waals surface area contributed by atoms with Crippen LogP contribution in [0.2, 0.25) is 10.0 Å². The highest BCUT2D eigenvalue weighted by atomic mass is 127. The first-order valence-corrected chi connectivity index (χ1v) is 16.8. The molecule has 0 unspecified atom stereocenters. The van der Waals surface area contributed by atoms with Crippen LogP contribution in [0, 0.1) is 3.57 Å². The van der Waals surface area contributed by atoms with Crippen molar-refractivity contribution in [3.8, 4) is 5.75 Å². The molecule has 6 rings (SSSR count). The van der Waals surface area contributed by atoms with Gasteiger partial charge in [0.2, 0.25) is 0 Å². The Morgan fingerprint density at radius 1 is 1.04 bits per heavy atom. The molecule has 5 aromatic rings. The molecule has 1 aromatic heterocycles. The molecular formula is C34H22Cl2F3IN2O4S. The first-order chi connectivity index (χ1) is 22.5. The third kappa shape index (κ3) is 6.71. The largest absolute Gasteiger partial charge is 0.487 e. The Labute approximate surface area is 293 Å². The second kappa shape index (κ2) is 13.5.